The van der Waals surface area contributed by atoms with Gasteiger partial charge >= 0.3 is 5.97 Å². The lowest BCUT2D eigenvalue weighted by molar-refractivity contribution is -0.144. The quantitative estimate of drug-likeness (QED) is 0.204. The van der Waals surface area contributed by atoms with Crippen molar-refractivity contribution in [3.05, 3.63) is 119 Å². The minimum absolute atomic E-state index is 0.271. The number of esters is 1. The van der Waals surface area contributed by atoms with Crippen molar-refractivity contribution in [2.75, 3.05) is 7.11 Å². The Hall–Kier alpha value is -4.29. The van der Waals surface area contributed by atoms with E-state index in [4.69, 9.17) is 25.5 Å². The molecule has 1 heterocycles. The Morgan fingerprint density at radius 2 is 1.65 bits per heavy atom. The molecule has 1 atom stereocenters. The molecule has 0 radical (unpaired) electrons. The minimum Gasteiger partial charge on any atom is -0.489 e. The van der Waals surface area contributed by atoms with Crippen LogP contribution in [-0.4, -0.2) is 25.0 Å². The number of furan rings is 1. The summed E-state index contributed by atoms with van der Waals surface area (Å²) in [6, 6.07) is 27.3. The number of carbonyl (C=O) groups is 2. The van der Waals surface area contributed by atoms with Crippen LogP contribution in [0.2, 0.25) is 5.02 Å². The lowest BCUT2D eigenvalue weighted by Gasteiger charge is -2.16. The summed E-state index contributed by atoms with van der Waals surface area (Å²) >= 11 is 5.93. The normalized spacial score (nSPS) is 11.7. The van der Waals surface area contributed by atoms with E-state index in [0.717, 1.165) is 16.7 Å². The third-order valence-corrected chi connectivity index (χ3v) is 5.82. The Bertz CT molecular complexity index is 1350. The third-order valence-electron chi connectivity index (χ3n) is 5.57. The first kappa shape index (κ1) is 25.8. The van der Waals surface area contributed by atoms with Gasteiger partial charge in [-0.1, -0.05) is 54.1 Å². The second-order valence-electron chi connectivity index (χ2n) is 8.25. The van der Waals surface area contributed by atoms with Crippen LogP contribution >= 0.6 is 11.6 Å². The fourth-order valence-corrected chi connectivity index (χ4v) is 3.75. The number of amides is 1. The lowest BCUT2D eigenvalue weighted by atomic mass is 10.1. The second-order valence-corrected chi connectivity index (χ2v) is 8.69. The predicted molar refractivity (Wildman–Crippen MR) is 143 cm³/mol. The lowest BCUT2D eigenvalue weighted by Crippen LogP contribution is -2.42. The van der Waals surface area contributed by atoms with Gasteiger partial charge in [-0.2, -0.15) is 0 Å². The minimum atomic E-state index is -0.848. The van der Waals surface area contributed by atoms with Crippen LogP contribution in [0, 0.1) is 0 Å². The Balaban J connectivity index is 1.34. The standard InChI is InChI=1S/C30H26ClNO5/c1-35-30(34)27(19-21-7-13-25(14-8-21)36-20-22-5-3-2-4-6-22)32-29(33)18-16-26-15-17-28(37-26)23-9-11-24(31)12-10-23/h2-18,27H,19-20H2,1H3,(H,32,33)/t27-/m0/s1. The molecule has 37 heavy (non-hydrogen) atoms. The summed E-state index contributed by atoms with van der Waals surface area (Å²) in [7, 11) is 1.29. The van der Waals surface area contributed by atoms with E-state index in [1.165, 1.54) is 13.2 Å². The summed E-state index contributed by atoms with van der Waals surface area (Å²) in [4.78, 5) is 24.9. The first-order valence-electron chi connectivity index (χ1n) is 11.7. The van der Waals surface area contributed by atoms with Crippen LogP contribution in [0.3, 0.4) is 0 Å². The van der Waals surface area contributed by atoms with Gasteiger partial charge in [0.05, 0.1) is 7.11 Å². The number of nitrogens with one attached hydrogen (secondary N) is 1. The zero-order chi connectivity index (χ0) is 26.0. The molecule has 0 aliphatic carbocycles. The molecule has 4 rings (SSSR count). The molecule has 0 fully saturated rings. The van der Waals surface area contributed by atoms with E-state index in [-0.39, 0.29) is 6.42 Å². The average molecular weight is 516 g/mol. The molecule has 0 spiro atoms. The summed E-state index contributed by atoms with van der Waals surface area (Å²) in [5.74, 6) is 0.892. The third kappa shape index (κ3) is 7.59. The van der Waals surface area contributed by atoms with Crippen molar-refractivity contribution >= 4 is 29.6 Å². The van der Waals surface area contributed by atoms with Gasteiger partial charge in [0.2, 0.25) is 5.91 Å². The molecule has 6 nitrogen and oxygen atoms in total. The van der Waals surface area contributed by atoms with Crippen molar-refractivity contribution in [1.29, 1.82) is 0 Å². The van der Waals surface area contributed by atoms with Crippen molar-refractivity contribution in [3.63, 3.8) is 0 Å². The Morgan fingerprint density at radius 1 is 0.919 bits per heavy atom. The molecule has 0 unspecified atom stereocenters. The molecule has 0 bridgehead atoms. The molecular weight excluding hydrogens is 490 g/mol. The van der Waals surface area contributed by atoms with Crippen LogP contribution in [0.25, 0.3) is 17.4 Å². The van der Waals surface area contributed by atoms with Crippen LogP contribution in [0.5, 0.6) is 5.75 Å². The van der Waals surface area contributed by atoms with Crippen molar-refractivity contribution < 1.29 is 23.5 Å². The number of hydrogen-bond donors (Lipinski definition) is 1. The summed E-state index contributed by atoms with van der Waals surface area (Å²) in [6.45, 7) is 0.463. The van der Waals surface area contributed by atoms with E-state index in [2.05, 4.69) is 5.32 Å². The van der Waals surface area contributed by atoms with Gasteiger partial charge in [0.15, 0.2) is 0 Å². The molecule has 0 aliphatic heterocycles. The average Bonchev–Trinajstić information content (AvgIpc) is 3.41. The monoisotopic (exact) mass is 515 g/mol. The SMILES string of the molecule is COC(=O)[C@H](Cc1ccc(OCc2ccccc2)cc1)NC(=O)C=Cc1ccc(-c2ccc(Cl)cc2)o1. The summed E-state index contributed by atoms with van der Waals surface area (Å²) < 4.78 is 16.5. The van der Waals surface area contributed by atoms with Crippen molar-refractivity contribution in [1.82, 2.24) is 5.32 Å². The maximum Gasteiger partial charge on any atom is 0.328 e. The summed E-state index contributed by atoms with van der Waals surface area (Å²) in [6.07, 6.45) is 3.13. The number of carbonyl (C=O) groups excluding carboxylic acids is 2. The zero-order valence-electron chi connectivity index (χ0n) is 20.2. The van der Waals surface area contributed by atoms with Crippen molar-refractivity contribution in [2.45, 2.75) is 19.1 Å². The zero-order valence-corrected chi connectivity index (χ0v) is 21.0. The first-order valence-corrected chi connectivity index (χ1v) is 12.1. The van der Waals surface area contributed by atoms with Gasteiger partial charge < -0.3 is 19.2 Å². The predicted octanol–water partition coefficient (Wildman–Crippen LogP) is 6.09. The van der Waals surface area contributed by atoms with Gasteiger partial charge in [-0.15, -0.1) is 0 Å². The smallest absolute Gasteiger partial charge is 0.328 e. The van der Waals surface area contributed by atoms with E-state index in [9.17, 15) is 9.59 Å². The molecule has 1 aromatic heterocycles. The molecule has 0 aliphatic rings. The second kappa shape index (κ2) is 12.6. The molecular formula is C30H26ClNO5. The highest BCUT2D eigenvalue weighted by Crippen LogP contribution is 2.24. The van der Waals surface area contributed by atoms with Crippen LogP contribution in [0.15, 0.2) is 101 Å². The Kier molecular flexibility index (Phi) is 8.79. The molecule has 4 aromatic rings. The largest absolute Gasteiger partial charge is 0.489 e. The molecule has 1 N–H and O–H groups in total. The van der Waals surface area contributed by atoms with E-state index < -0.39 is 17.9 Å². The van der Waals surface area contributed by atoms with Gasteiger partial charge in [-0.3, -0.25) is 4.79 Å². The van der Waals surface area contributed by atoms with Crippen molar-refractivity contribution in [2.24, 2.45) is 0 Å². The maximum atomic E-state index is 12.5. The number of halogens is 1. The van der Waals surface area contributed by atoms with Gasteiger partial charge in [-0.25, -0.2) is 4.79 Å². The molecule has 7 heteroatoms. The molecule has 188 valence electrons. The Labute approximate surface area is 220 Å². The fraction of sp³-hybridized carbons (Fsp3) is 0.133. The highest BCUT2D eigenvalue weighted by atomic mass is 35.5. The maximum absolute atomic E-state index is 12.5. The number of rotatable bonds is 10. The van der Waals surface area contributed by atoms with E-state index >= 15 is 0 Å². The summed E-state index contributed by atoms with van der Waals surface area (Å²) in [5, 5.41) is 3.34. The molecule has 3 aromatic carbocycles. The van der Waals surface area contributed by atoms with Gasteiger partial charge in [-0.05, 0) is 65.7 Å². The number of ether oxygens (including phenoxy) is 2. The topological polar surface area (TPSA) is 77.8 Å². The van der Waals surface area contributed by atoms with E-state index in [0.29, 0.717) is 28.9 Å². The number of methoxy groups -OCH3 is 1. The van der Waals surface area contributed by atoms with Crippen LogP contribution in [0.4, 0.5) is 0 Å². The van der Waals surface area contributed by atoms with E-state index in [1.54, 1.807) is 24.3 Å². The van der Waals surface area contributed by atoms with Crippen LogP contribution < -0.4 is 10.1 Å². The van der Waals surface area contributed by atoms with Crippen LogP contribution in [-0.2, 0) is 27.4 Å². The number of benzene rings is 3. The van der Waals surface area contributed by atoms with Gasteiger partial charge in [0.25, 0.3) is 0 Å². The highest BCUT2D eigenvalue weighted by molar-refractivity contribution is 6.30. The molecule has 0 saturated heterocycles. The van der Waals surface area contributed by atoms with Gasteiger partial charge in [0, 0.05) is 23.1 Å². The first-order chi connectivity index (χ1) is 18.0. The molecule has 1 amide bonds. The highest BCUT2D eigenvalue weighted by Gasteiger charge is 2.21. The summed E-state index contributed by atoms with van der Waals surface area (Å²) in [5.41, 5.74) is 2.80. The fourth-order valence-electron chi connectivity index (χ4n) is 3.62. The van der Waals surface area contributed by atoms with E-state index in [1.807, 2.05) is 72.8 Å². The van der Waals surface area contributed by atoms with Crippen molar-refractivity contribution in [3.8, 4) is 17.1 Å². The van der Waals surface area contributed by atoms with Crippen LogP contribution in [0.1, 0.15) is 16.9 Å². The number of hydrogen-bond acceptors (Lipinski definition) is 5. The molecule has 0 saturated carbocycles. The van der Waals surface area contributed by atoms with Gasteiger partial charge in [0.1, 0.15) is 29.9 Å². The Morgan fingerprint density at radius 3 is 2.35 bits per heavy atom.